The number of anilines is 1. The molecule has 0 fully saturated rings. The lowest BCUT2D eigenvalue weighted by Gasteiger charge is -2.19. The first kappa shape index (κ1) is 18.3. The number of hydrogen-bond donors (Lipinski definition) is 2. The molecule has 0 aliphatic rings. The first-order valence-electron chi connectivity index (χ1n) is 7.84. The molecule has 0 radical (unpaired) electrons. The van der Waals surface area contributed by atoms with Crippen LogP contribution < -0.4 is 10.2 Å². The van der Waals surface area contributed by atoms with E-state index in [1.54, 1.807) is 24.3 Å². The van der Waals surface area contributed by atoms with E-state index in [2.05, 4.69) is 11.4 Å². The van der Waals surface area contributed by atoms with Crippen LogP contribution in [0, 0.1) is 6.92 Å². The Hall–Kier alpha value is -2.04. The average Bonchev–Trinajstić information content (AvgIpc) is 2.54. The maximum atomic E-state index is 12.1. The minimum absolute atomic E-state index is 0.0186. The number of halogens is 1. The summed E-state index contributed by atoms with van der Waals surface area (Å²) < 4.78 is 0. The molecular weight excluding hydrogens is 324 g/mol. The largest absolute Gasteiger partial charge is 0.388 e. The second kappa shape index (κ2) is 8.18. The number of carbonyl (C=O) groups excluding carboxylic acids is 1. The van der Waals surface area contributed by atoms with Crippen molar-refractivity contribution in [1.82, 2.24) is 5.32 Å². The van der Waals surface area contributed by atoms with Crippen LogP contribution in [0.15, 0.2) is 42.5 Å². The zero-order valence-corrected chi connectivity index (χ0v) is 15.0. The summed E-state index contributed by atoms with van der Waals surface area (Å²) >= 11 is 5.83. The molecule has 0 bridgehead atoms. The van der Waals surface area contributed by atoms with Crippen LogP contribution in [-0.2, 0) is 11.3 Å². The number of benzene rings is 2. The first-order valence-corrected chi connectivity index (χ1v) is 8.21. The Bertz CT molecular complexity index is 699. The van der Waals surface area contributed by atoms with Gasteiger partial charge in [-0.05, 0) is 41.8 Å². The molecule has 0 saturated carbocycles. The topological polar surface area (TPSA) is 52.6 Å². The van der Waals surface area contributed by atoms with Crippen LogP contribution in [0.2, 0.25) is 5.02 Å². The molecule has 4 nitrogen and oxygen atoms in total. The van der Waals surface area contributed by atoms with Crippen molar-refractivity contribution in [3.8, 4) is 0 Å². The smallest absolute Gasteiger partial charge is 0.223 e. The number of nitrogens with one attached hydrogen (secondary N) is 1. The van der Waals surface area contributed by atoms with Crippen molar-refractivity contribution in [1.29, 1.82) is 0 Å². The molecule has 128 valence electrons. The van der Waals surface area contributed by atoms with Gasteiger partial charge >= 0.3 is 0 Å². The molecule has 2 aromatic carbocycles. The van der Waals surface area contributed by atoms with Crippen LogP contribution in [0.3, 0.4) is 0 Å². The molecule has 1 atom stereocenters. The molecule has 0 aliphatic heterocycles. The lowest BCUT2D eigenvalue weighted by Crippen LogP contribution is -2.25. The van der Waals surface area contributed by atoms with Crippen LogP contribution in [0.1, 0.15) is 29.2 Å². The van der Waals surface area contributed by atoms with E-state index in [4.69, 9.17) is 11.6 Å². The summed E-state index contributed by atoms with van der Waals surface area (Å²) in [7, 11) is 3.95. The van der Waals surface area contributed by atoms with Crippen molar-refractivity contribution in [2.45, 2.75) is 26.0 Å². The number of amides is 1. The van der Waals surface area contributed by atoms with Crippen molar-refractivity contribution in [2.24, 2.45) is 0 Å². The van der Waals surface area contributed by atoms with Crippen LogP contribution in [-0.4, -0.2) is 25.1 Å². The average molecular weight is 347 g/mol. The van der Waals surface area contributed by atoms with Gasteiger partial charge in [-0.25, -0.2) is 0 Å². The highest BCUT2D eigenvalue weighted by molar-refractivity contribution is 6.30. The Balaban J connectivity index is 1.95. The van der Waals surface area contributed by atoms with Gasteiger partial charge < -0.3 is 15.3 Å². The van der Waals surface area contributed by atoms with E-state index in [0.29, 0.717) is 17.1 Å². The van der Waals surface area contributed by atoms with E-state index in [1.165, 1.54) is 5.56 Å². The molecule has 2 rings (SSSR count). The summed E-state index contributed by atoms with van der Waals surface area (Å²) in [5, 5.41) is 13.6. The van der Waals surface area contributed by atoms with Gasteiger partial charge in [0.25, 0.3) is 0 Å². The molecule has 0 aromatic heterocycles. The SMILES string of the molecule is Cc1ccc(CNC(=O)CC(O)c2ccc(Cl)cc2)c(N(C)C)c1. The van der Waals surface area contributed by atoms with Crippen molar-refractivity contribution >= 4 is 23.2 Å². The summed E-state index contributed by atoms with van der Waals surface area (Å²) in [6.07, 6.45) is -0.821. The van der Waals surface area contributed by atoms with Crippen molar-refractivity contribution in [2.75, 3.05) is 19.0 Å². The predicted molar refractivity (Wildman–Crippen MR) is 98.4 cm³/mol. The number of rotatable bonds is 6. The van der Waals surface area contributed by atoms with Crippen LogP contribution in [0.25, 0.3) is 0 Å². The van der Waals surface area contributed by atoms with Crippen LogP contribution in [0.4, 0.5) is 5.69 Å². The predicted octanol–water partition coefficient (Wildman–Crippen LogP) is 3.45. The Labute approximate surface area is 148 Å². The van der Waals surface area contributed by atoms with Crippen molar-refractivity contribution in [3.63, 3.8) is 0 Å². The van der Waals surface area contributed by atoms with Gasteiger partial charge in [-0.1, -0.05) is 35.9 Å². The molecule has 1 unspecified atom stereocenters. The second-order valence-electron chi connectivity index (χ2n) is 6.07. The molecule has 0 aliphatic carbocycles. The molecule has 2 aromatic rings. The number of hydrogen-bond acceptors (Lipinski definition) is 3. The molecule has 0 spiro atoms. The minimum Gasteiger partial charge on any atom is -0.388 e. The van der Waals surface area contributed by atoms with Gasteiger partial charge in [0.2, 0.25) is 5.91 Å². The zero-order valence-electron chi connectivity index (χ0n) is 14.2. The van der Waals surface area contributed by atoms with Gasteiger partial charge in [-0.15, -0.1) is 0 Å². The first-order chi connectivity index (χ1) is 11.4. The van der Waals surface area contributed by atoms with Gasteiger partial charge in [0.15, 0.2) is 0 Å². The molecule has 2 N–H and O–H groups in total. The van der Waals surface area contributed by atoms with E-state index in [-0.39, 0.29) is 12.3 Å². The van der Waals surface area contributed by atoms with E-state index in [0.717, 1.165) is 11.3 Å². The van der Waals surface area contributed by atoms with Crippen molar-refractivity contribution in [3.05, 3.63) is 64.2 Å². The highest BCUT2D eigenvalue weighted by atomic mass is 35.5. The number of aryl methyl sites for hydroxylation is 1. The third-order valence-electron chi connectivity index (χ3n) is 3.83. The fourth-order valence-corrected chi connectivity index (χ4v) is 2.61. The molecule has 24 heavy (non-hydrogen) atoms. The van der Waals surface area contributed by atoms with Gasteiger partial charge in [0.05, 0.1) is 12.5 Å². The van der Waals surface area contributed by atoms with E-state index >= 15 is 0 Å². The molecule has 0 heterocycles. The van der Waals surface area contributed by atoms with Gasteiger partial charge in [-0.2, -0.15) is 0 Å². The fraction of sp³-hybridized carbons (Fsp3) is 0.316. The van der Waals surface area contributed by atoms with Crippen molar-refractivity contribution < 1.29 is 9.90 Å². The Kier molecular flexibility index (Phi) is 6.23. The molecular formula is C19H23ClN2O2. The summed E-state index contributed by atoms with van der Waals surface area (Å²) in [4.78, 5) is 14.1. The third kappa shape index (κ3) is 4.98. The summed E-state index contributed by atoms with van der Waals surface area (Å²) in [6, 6.07) is 13.0. The van der Waals surface area contributed by atoms with E-state index in [1.807, 2.05) is 38.1 Å². The maximum absolute atomic E-state index is 12.1. The minimum atomic E-state index is -0.839. The lowest BCUT2D eigenvalue weighted by atomic mass is 10.1. The molecule has 0 saturated heterocycles. The van der Waals surface area contributed by atoms with Gasteiger partial charge in [-0.3, -0.25) is 4.79 Å². The molecule has 5 heteroatoms. The van der Waals surface area contributed by atoms with Crippen LogP contribution >= 0.6 is 11.6 Å². The summed E-state index contributed by atoms with van der Waals surface area (Å²) in [5.41, 5.74) is 3.97. The number of aliphatic hydroxyl groups excluding tert-OH is 1. The quantitative estimate of drug-likeness (QED) is 0.842. The Morgan fingerprint density at radius 3 is 2.50 bits per heavy atom. The van der Waals surface area contributed by atoms with Gasteiger partial charge in [0, 0.05) is 31.4 Å². The molecule has 1 amide bonds. The normalized spacial score (nSPS) is 11.9. The third-order valence-corrected chi connectivity index (χ3v) is 4.08. The number of aliphatic hydroxyl groups is 1. The van der Waals surface area contributed by atoms with Gasteiger partial charge in [0.1, 0.15) is 0 Å². The fourth-order valence-electron chi connectivity index (χ4n) is 2.48. The van der Waals surface area contributed by atoms with E-state index in [9.17, 15) is 9.90 Å². The highest BCUT2D eigenvalue weighted by Gasteiger charge is 2.13. The highest BCUT2D eigenvalue weighted by Crippen LogP contribution is 2.21. The Morgan fingerprint density at radius 1 is 1.21 bits per heavy atom. The lowest BCUT2D eigenvalue weighted by molar-refractivity contribution is -0.123. The number of nitrogens with zero attached hydrogens (tertiary/aromatic N) is 1. The second-order valence-corrected chi connectivity index (χ2v) is 6.51. The van der Waals surface area contributed by atoms with Crippen LogP contribution in [0.5, 0.6) is 0 Å². The Morgan fingerprint density at radius 2 is 1.88 bits per heavy atom. The summed E-state index contributed by atoms with van der Waals surface area (Å²) in [5.74, 6) is -0.192. The van der Waals surface area contributed by atoms with E-state index < -0.39 is 6.10 Å². The zero-order chi connectivity index (χ0) is 17.7. The number of carbonyl (C=O) groups is 1. The maximum Gasteiger partial charge on any atom is 0.223 e. The standard InChI is InChI=1S/C19H23ClN2O2/c1-13-4-5-15(17(10-13)22(2)3)12-21-19(24)11-18(23)14-6-8-16(20)9-7-14/h4-10,18,23H,11-12H2,1-3H3,(H,21,24). The summed E-state index contributed by atoms with van der Waals surface area (Å²) in [6.45, 7) is 2.47. The monoisotopic (exact) mass is 346 g/mol.